The van der Waals surface area contributed by atoms with Gasteiger partial charge in [-0.3, -0.25) is 4.79 Å². The minimum atomic E-state index is -3.04. The first-order valence-corrected chi connectivity index (χ1v) is 8.02. The Labute approximate surface area is 113 Å². The Morgan fingerprint density at radius 2 is 2.21 bits per heavy atom. The van der Waals surface area contributed by atoms with E-state index < -0.39 is 15.8 Å². The Bertz CT molecular complexity index is 583. The molecule has 0 radical (unpaired) electrons. The van der Waals surface area contributed by atoms with Gasteiger partial charge in [0, 0.05) is 19.3 Å². The largest absolute Gasteiger partial charge is 0.326 e. The van der Waals surface area contributed by atoms with Gasteiger partial charge in [0.25, 0.3) is 0 Å². The van der Waals surface area contributed by atoms with Crippen LogP contribution in [0.25, 0.3) is 0 Å². The van der Waals surface area contributed by atoms with Gasteiger partial charge in [0.1, 0.15) is 0 Å². The fourth-order valence-electron chi connectivity index (χ4n) is 2.28. The fraction of sp³-hybridized carbons (Fsp3) is 0.462. The molecule has 1 atom stereocenters. The summed E-state index contributed by atoms with van der Waals surface area (Å²) in [6, 6.07) is 7.40. The summed E-state index contributed by atoms with van der Waals surface area (Å²) in [5, 5.41) is 0. The minimum Gasteiger partial charge on any atom is -0.326 e. The number of carbonyl (C=O) groups is 1. The smallest absolute Gasteiger partial charge is 0.230 e. The third-order valence-electron chi connectivity index (χ3n) is 3.45. The molecule has 1 unspecified atom stereocenters. The Hall–Kier alpha value is -1.40. The summed E-state index contributed by atoms with van der Waals surface area (Å²) >= 11 is 0. The molecule has 1 saturated heterocycles. The van der Waals surface area contributed by atoms with Crippen molar-refractivity contribution < 1.29 is 13.2 Å². The lowest BCUT2D eigenvalue weighted by Crippen LogP contribution is -2.33. The number of carbonyl (C=O) groups excluding carboxylic acids is 1. The average molecular weight is 282 g/mol. The van der Waals surface area contributed by atoms with Gasteiger partial charge in [-0.25, -0.2) is 8.42 Å². The van der Waals surface area contributed by atoms with Gasteiger partial charge in [0.05, 0.1) is 17.4 Å². The van der Waals surface area contributed by atoms with Crippen LogP contribution < -0.4 is 10.6 Å². The van der Waals surface area contributed by atoms with Crippen LogP contribution in [0.2, 0.25) is 0 Å². The van der Waals surface area contributed by atoms with Crippen LogP contribution >= 0.6 is 0 Å². The van der Waals surface area contributed by atoms with Crippen molar-refractivity contribution in [1.82, 2.24) is 0 Å². The first kappa shape index (κ1) is 14.0. The van der Waals surface area contributed by atoms with E-state index in [1.54, 1.807) is 7.05 Å². The molecule has 2 rings (SSSR count). The maximum atomic E-state index is 12.3. The van der Waals surface area contributed by atoms with Crippen molar-refractivity contribution in [3.8, 4) is 0 Å². The van der Waals surface area contributed by atoms with Crippen molar-refractivity contribution in [3.63, 3.8) is 0 Å². The van der Waals surface area contributed by atoms with Crippen LogP contribution in [0.15, 0.2) is 24.3 Å². The summed E-state index contributed by atoms with van der Waals surface area (Å²) in [7, 11) is -1.37. The summed E-state index contributed by atoms with van der Waals surface area (Å²) in [6.45, 7) is 0.410. The molecule has 1 aliphatic rings. The van der Waals surface area contributed by atoms with Gasteiger partial charge in [-0.2, -0.15) is 0 Å². The quantitative estimate of drug-likeness (QED) is 0.877. The summed E-state index contributed by atoms with van der Waals surface area (Å²) in [5.41, 5.74) is 7.26. The lowest BCUT2D eigenvalue weighted by Gasteiger charge is -2.21. The van der Waals surface area contributed by atoms with Crippen LogP contribution in [0.1, 0.15) is 12.0 Å². The number of rotatable bonds is 3. The first-order valence-electron chi connectivity index (χ1n) is 6.20. The van der Waals surface area contributed by atoms with Crippen molar-refractivity contribution in [2.45, 2.75) is 13.0 Å². The zero-order valence-electron chi connectivity index (χ0n) is 10.9. The molecule has 0 aliphatic carbocycles. The number of sulfone groups is 1. The van der Waals surface area contributed by atoms with Crippen molar-refractivity contribution >= 4 is 21.4 Å². The van der Waals surface area contributed by atoms with Crippen LogP contribution in [0, 0.1) is 5.92 Å². The Kier molecular flexibility index (Phi) is 3.91. The molecule has 5 nitrogen and oxygen atoms in total. The Morgan fingerprint density at radius 1 is 1.47 bits per heavy atom. The second-order valence-electron chi connectivity index (χ2n) is 4.87. The predicted octanol–water partition coefficient (Wildman–Crippen LogP) is 0.543. The number of hydrogen-bond donors (Lipinski definition) is 1. The van der Waals surface area contributed by atoms with Crippen molar-refractivity contribution in [2.75, 3.05) is 23.5 Å². The molecule has 1 aliphatic heterocycles. The summed E-state index contributed by atoms with van der Waals surface area (Å²) < 4.78 is 22.8. The summed E-state index contributed by atoms with van der Waals surface area (Å²) in [6.07, 6.45) is 0.419. The molecule has 1 aromatic carbocycles. The molecule has 0 aromatic heterocycles. The van der Waals surface area contributed by atoms with E-state index in [0.29, 0.717) is 13.0 Å². The van der Waals surface area contributed by atoms with Gasteiger partial charge in [0.15, 0.2) is 9.84 Å². The molecular weight excluding hydrogens is 264 g/mol. The molecule has 1 heterocycles. The molecule has 19 heavy (non-hydrogen) atoms. The van der Waals surface area contributed by atoms with Crippen molar-refractivity contribution in [3.05, 3.63) is 29.8 Å². The number of hydrogen-bond acceptors (Lipinski definition) is 4. The fourth-order valence-corrected chi connectivity index (χ4v) is 4.02. The van der Waals surface area contributed by atoms with Crippen LogP contribution in [0.3, 0.4) is 0 Å². The van der Waals surface area contributed by atoms with Gasteiger partial charge >= 0.3 is 0 Å². The normalized spacial score (nSPS) is 21.3. The standard InChI is InChI=1S/C13H18N2O3S/c1-15(12-4-2-3-10(7-12)8-14)13(16)11-5-6-19(17,18)9-11/h2-4,7,11H,5-6,8-9,14H2,1H3. The molecule has 1 amide bonds. The van der Waals surface area contributed by atoms with E-state index in [2.05, 4.69) is 0 Å². The molecule has 1 aromatic rings. The van der Waals surface area contributed by atoms with Crippen LogP contribution in [0.4, 0.5) is 5.69 Å². The van der Waals surface area contributed by atoms with Gasteiger partial charge in [-0.15, -0.1) is 0 Å². The third kappa shape index (κ3) is 3.13. The zero-order chi connectivity index (χ0) is 14.0. The molecule has 0 saturated carbocycles. The van der Waals surface area contributed by atoms with E-state index in [1.807, 2.05) is 24.3 Å². The minimum absolute atomic E-state index is 0.0350. The maximum absolute atomic E-state index is 12.3. The highest BCUT2D eigenvalue weighted by molar-refractivity contribution is 7.91. The van der Waals surface area contributed by atoms with Gasteiger partial charge in [-0.1, -0.05) is 12.1 Å². The number of anilines is 1. The zero-order valence-corrected chi connectivity index (χ0v) is 11.7. The molecule has 2 N–H and O–H groups in total. The number of amides is 1. The first-order chi connectivity index (χ1) is 8.93. The van der Waals surface area contributed by atoms with E-state index in [0.717, 1.165) is 11.3 Å². The molecule has 0 spiro atoms. The number of nitrogens with two attached hydrogens (primary N) is 1. The number of benzene rings is 1. The van der Waals surface area contributed by atoms with E-state index in [4.69, 9.17) is 5.73 Å². The molecule has 104 valence electrons. The van der Waals surface area contributed by atoms with Crippen LogP contribution in [0.5, 0.6) is 0 Å². The predicted molar refractivity (Wildman–Crippen MR) is 74.5 cm³/mol. The highest BCUT2D eigenvalue weighted by Gasteiger charge is 2.34. The van der Waals surface area contributed by atoms with E-state index in [9.17, 15) is 13.2 Å². The molecule has 1 fully saturated rings. The van der Waals surface area contributed by atoms with Crippen LogP contribution in [-0.2, 0) is 21.2 Å². The third-order valence-corrected chi connectivity index (χ3v) is 5.21. The topological polar surface area (TPSA) is 80.5 Å². The van der Waals surface area contributed by atoms with Gasteiger partial charge < -0.3 is 10.6 Å². The average Bonchev–Trinajstić information content (AvgIpc) is 2.77. The van der Waals surface area contributed by atoms with E-state index >= 15 is 0 Å². The van der Waals surface area contributed by atoms with Crippen molar-refractivity contribution in [1.29, 1.82) is 0 Å². The summed E-state index contributed by atoms with van der Waals surface area (Å²) in [5.74, 6) is -0.487. The lowest BCUT2D eigenvalue weighted by atomic mass is 10.1. The second-order valence-corrected chi connectivity index (χ2v) is 7.10. The highest BCUT2D eigenvalue weighted by Crippen LogP contribution is 2.23. The second kappa shape index (κ2) is 5.30. The monoisotopic (exact) mass is 282 g/mol. The lowest BCUT2D eigenvalue weighted by molar-refractivity contribution is -0.121. The van der Waals surface area contributed by atoms with Gasteiger partial charge in [-0.05, 0) is 24.1 Å². The Balaban J connectivity index is 2.15. The van der Waals surface area contributed by atoms with Crippen molar-refractivity contribution in [2.24, 2.45) is 11.7 Å². The summed E-state index contributed by atoms with van der Waals surface area (Å²) in [4.78, 5) is 13.8. The number of nitrogens with zero attached hydrogens (tertiary/aromatic N) is 1. The highest BCUT2D eigenvalue weighted by atomic mass is 32.2. The maximum Gasteiger partial charge on any atom is 0.230 e. The Morgan fingerprint density at radius 3 is 2.79 bits per heavy atom. The molecule has 6 heteroatoms. The SMILES string of the molecule is CN(C(=O)C1CCS(=O)(=O)C1)c1cccc(CN)c1. The van der Waals surface area contributed by atoms with E-state index in [1.165, 1.54) is 4.90 Å². The molecule has 0 bridgehead atoms. The van der Waals surface area contributed by atoms with Crippen LogP contribution in [-0.4, -0.2) is 32.9 Å². The van der Waals surface area contributed by atoms with E-state index in [-0.39, 0.29) is 17.4 Å². The molecular formula is C13H18N2O3S. The van der Waals surface area contributed by atoms with Gasteiger partial charge in [0.2, 0.25) is 5.91 Å².